The highest BCUT2D eigenvalue weighted by Crippen LogP contribution is 2.41. The summed E-state index contributed by atoms with van der Waals surface area (Å²) >= 11 is 13.6. The normalized spacial score (nSPS) is 10.7. The lowest BCUT2D eigenvalue weighted by atomic mass is 10.2. The van der Waals surface area contributed by atoms with Crippen molar-refractivity contribution < 1.29 is 19.4 Å². The average Bonchev–Trinajstić information content (AvgIpc) is 3.51. The van der Waals surface area contributed by atoms with Crippen LogP contribution in [0.1, 0.15) is 20.7 Å². The molecule has 0 aliphatic heterocycles. The maximum atomic E-state index is 12.4. The number of hydrogen-bond acceptors (Lipinski definition) is 14. The number of aromatic nitrogens is 4. The molecule has 4 rings (SSSR count). The molecule has 0 saturated carbocycles. The fraction of sp³-hybridized carbons (Fsp3) is 0. The second kappa shape index (κ2) is 12.0. The van der Waals surface area contributed by atoms with Crippen LogP contribution in [0, 0.1) is 20.2 Å². The largest absolute Gasteiger partial charge is 0.296 e. The second-order valence-electron chi connectivity index (χ2n) is 6.67. The summed E-state index contributed by atoms with van der Waals surface area (Å²) in [4.78, 5) is 45.5. The van der Waals surface area contributed by atoms with Gasteiger partial charge in [-0.15, -0.1) is 20.4 Å². The van der Waals surface area contributed by atoms with Crippen LogP contribution in [0.5, 0.6) is 0 Å². The summed E-state index contributed by atoms with van der Waals surface area (Å²) in [5.74, 6) is -1.25. The number of carbonyl (C=O) groups excluding carboxylic acids is 2. The van der Waals surface area contributed by atoms with E-state index in [9.17, 15) is 29.8 Å². The summed E-state index contributed by atoms with van der Waals surface area (Å²) in [6, 6.07) is 7.32. The molecule has 0 fully saturated rings. The van der Waals surface area contributed by atoms with Crippen molar-refractivity contribution in [3.8, 4) is 0 Å². The third-order valence-corrected chi connectivity index (χ3v) is 9.52. The SMILES string of the molecule is O=C(Nc1nnc(SSc2nnc(NC(=O)c3ccc(Cl)c([N+](=O)[O-])c3)s2)s1)c1ccc(Cl)c([N+](=O)[O-])c1. The van der Waals surface area contributed by atoms with Crippen molar-refractivity contribution in [1.29, 1.82) is 0 Å². The smallest absolute Gasteiger partial charge is 0.288 e. The molecule has 2 amide bonds. The van der Waals surface area contributed by atoms with Crippen LogP contribution in [-0.2, 0) is 0 Å². The maximum absolute atomic E-state index is 12.4. The Balaban J connectivity index is 1.33. The molecule has 194 valence electrons. The van der Waals surface area contributed by atoms with Crippen LogP contribution in [0.25, 0.3) is 0 Å². The fourth-order valence-electron chi connectivity index (χ4n) is 2.59. The summed E-state index contributed by atoms with van der Waals surface area (Å²) in [5.41, 5.74) is -0.745. The molecule has 20 heteroatoms. The van der Waals surface area contributed by atoms with Gasteiger partial charge in [-0.3, -0.25) is 40.5 Å². The lowest BCUT2D eigenvalue weighted by molar-refractivity contribution is -0.384. The van der Waals surface area contributed by atoms with E-state index in [1.54, 1.807) is 0 Å². The molecule has 14 nitrogen and oxygen atoms in total. The van der Waals surface area contributed by atoms with Gasteiger partial charge in [-0.25, -0.2) is 0 Å². The van der Waals surface area contributed by atoms with Crippen LogP contribution in [0.4, 0.5) is 21.6 Å². The third kappa shape index (κ3) is 6.71. The number of benzene rings is 2. The Morgan fingerprint density at radius 2 is 1.13 bits per heavy atom. The van der Waals surface area contributed by atoms with E-state index in [1.165, 1.54) is 45.9 Å². The molecule has 2 aromatic heterocycles. The van der Waals surface area contributed by atoms with Gasteiger partial charge in [0, 0.05) is 23.3 Å². The van der Waals surface area contributed by atoms with Gasteiger partial charge in [-0.1, -0.05) is 45.9 Å². The molecule has 0 bridgehead atoms. The number of hydrogen-bond donors (Lipinski definition) is 2. The van der Waals surface area contributed by atoms with Gasteiger partial charge in [0.25, 0.3) is 23.2 Å². The Morgan fingerprint density at radius 3 is 1.50 bits per heavy atom. The van der Waals surface area contributed by atoms with Gasteiger partial charge in [-0.05, 0) is 45.9 Å². The van der Waals surface area contributed by atoms with Crippen molar-refractivity contribution in [2.75, 3.05) is 10.6 Å². The topological polar surface area (TPSA) is 196 Å². The first-order chi connectivity index (χ1) is 18.1. The van der Waals surface area contributed by atoms with Crippen LogP contribution in [0.2, 0.25) is 10.0 Å². The molecular weight excluding hydrogens is 623 g/mol. The van der Waals surface area contributed by atoms with Crippen LogP contribution < -0.4 is 10.6 Å². The Kier molecular flexibility index (Phi) is 8.69. The number of carbonyl (C=O) groups is 2. The molecule has 0 aliphatic carbocycles. The number of rotatable bonds is 9. The van der Waals surface area contributed by atoms with Crippen molar-refractivity contribution in [2.45, 2.75) is 8.68 Å². The Labute approximate surface area is 236 Å². The number of nitrogens with zero attached hydrogens (tertiary/aromatic N) is 6. The number of halogens is 2. The van der Waals surface area contributed by atoms with Crippen molar-refractivity contribution in [3.63, 3.8) is 0 Å². The number of nitrogens with one attached hydrogen (secondary N) is 2. The van der Waals surface area contributed by atoms with Crippen molar-refractivity contribution in [1.82, 2.24) is 20.4 Å². The van der Waals surface area contributed by atoms with E-state index in [4.69, 9.17) is 23.2 Å². The Bertz CT molecular complexity index is 1470. The first kappa shape index (κ1) is 27.6. The number of nitro benzene ring substituents is 2. The van der Waals surface area contributed by atoms with E-state index in [1.807, 2.05) is 0 Å². The second-order valence-corrected chi connectivity index (χ2v) is 12.1. The first-order valence-electron chi connectivity index (χ1n) is 9.63. The van der Waals surface area contributed by atoms with E-state index in [0.717, 1.165) is 34.8 Å². The Hall–Kier alpha value is -3.42. The van der Waals surface area contributed by atoms with E-state index in [-0.39, 0.29) is 31.4 Å². The summed E-state index contributed by atoms with van der Waals surface area (Å²) < 4.78 is 0.920. The molecule has 2 N–H and O–H groups in total. The number of nitro groups is 2. The minimum atomic E-state index is -0.690. The van der Waals surface area contributed by atoms with Crippen LogP contribution in [0.15, 0.2) is 45.1 Å². The zero-order valence-electron chi connectivity index (χ0n) is 18.0. The molecule has 0 spiro atoms. The fourth-order valence-corrected chi connectivity index (χ4v) is 6.79. The van der Waals surface area contributed by atoms with Crippen molar-refractivity contribution in [3.05, 3.63) is 77.8 Å². The average molecular weight is 631 g/mol. The minimum absolute atomic E-state index is 0.0246. The summed E-state index contributed by atoms with van der Waals surface area (Å²) in [5, 5.41) is 42.8. The molecule has 4 aromatic rings. The van der Waals surface area contributed by atoms with Gasteiger partial charge >= 0.3 is 0 Å². The monoisotopic (exact) mass is 630 g/mol. The van der Waals surface area contributed by atoms with Crippen LogP contribution in [0.3, 0.4) is 0 Å². The van der Waals surface area contributed by atoms with Crippen molar-refractivity contribution >= 4 is 101 Å². The quantitative estimate of drug-likeness (QED) is 0.0974. The van der Waals surface area contributed by atoms with Gasteiger partial charge < -0.3 is 0 Å². The molecule has 38 heavy (non-hydrogen) atoms. The molecule has 2 aromatic carbocycles. The summed E-state index contributed by atoms with van der Waals surface area (Å²) in [7, 11) is 2.34. The van der Waals surface area contributed by atoms with Gasteiger partial charge in [0.15, 0.2) is 8.68 Å². The molecule has 0 radical (unpaired) electrons. The predicted molar refractivity (Wildman–Crippen MR) is 144 cm³/mol. The molecule has 0 saturated heterocycles. The standard InChI is InChI=1S/C18H8Cl2N8O6S4/c19-9-3-1-7(5-11(9)27(31)32)13(29)21-15-23-25-17(35-15)37-38-18-26-24-16(36-18)22-14(30)8-2-4-10(20)12(6-8)28(33)34/h1-6H,(H,21,23,29)(H,22,24,30). The lowest BCUT2D eigenvalue weighted by Crippen LogP contribution is -2.12. The van der Waals surface area contributed by atoms with Gasteiger partial charge in [0.05, 0.1) is 9.85 Å². The van der Waals surface area contributed by atoms with E-state index in [0.29, 0.717) is 8.68 Å². The molecule has 0 aliphatic rings. The molecule has 0 atom stereocenters. The Morgan fingerprint density at radius 1 is 0.737 bits per heavy atom. The zero-order valence-corrected chi connectivity index (χ0v) is 22.8. The van der Waals surface area contributed by atoms with E-state index in [2.05, 4.69) is 31.0 Å². The maximum Gasteiger partial charge on any atom is 0.288 e. The molecule has 2 heterocycles. The highest BCUT2D eigenvalue weighted by atomic mass is 35.5. The van der Waals surface area contributed by atoms with Gasteiger partial charge in [-0.2, -0.15) is 0 Å². The van der Waals surface area contributed by atoms with Crippen molar-refractivity contribution in [2.24, 2.45) is 0 Å². The summed E-state index contributed by atoms with van der Waals surface area (Å²) in [6.07, 6.45) is 0. The predicted octanol–water partition coefficient (Wildman–Crippen LogP) is 5.82. The van der Waals surface area contributed by atoms with Crippen LogP contribution in [-0.4, -0.2) is 42.1 Å². The van der Waals surface area contributed by atoms with E-state index >= 15 is 0 Å². The summed E-state index contributed by atoms with van der Waals surface area (Å²) in [6.45, 7) is 0. The highest BCUT2D eigenvalue weighted by Gasteiger charge is 2.19. The van der Waals surface area contributed by atoms with E-state index < -0.39 is 33.0 Å². The van der Waals surface area contributed by atoms with Gasteiger partial charge in [0.1, 0.15) is 10.0 Å². The van der Waals surface area contributed by atoms with Crippen LogP contribution >= 0.6 is 67.5 Å². The number of anilines is 2. The third-order valence-electron chi connectivity index (χ3n) is 4.25. The highest BCUT2D eigenvalue weighted by molar-refractivity contribution is 8.77. The first-order valence-corrected chi connectivity index (χ1v) is 14.2. The minimum Gasteiger partial charge on any atom is -0.296 e. The molecular formula is C18H8Cl2N8O6S4. The molecule has 0 unspecified atom stereocenters. The lowest BCUT2D eigenvalue weighted by Gasteiger charge is -2.02. The zero-order chi connectivity index (χ0) is 27.4. The van der Waals surface area contributed by atoms with Gasteiger partial charge in [0.2, 0.25) is 10.3 Å². The number of amides is 2.